The van der Waals surface area contributed by atoms with Crippen LogP contribution in [0.3, 0.4) is 0 Å². The van der Waals surface area contributed by atoms with Crippen molar-refractivity contribution in [3.05, 3.63) is 30.1 Å². The summed E-state index contributed by atoms with van der Waals surface area (Å²) >= 11 is 0. The lowest BCUT2D eigenvalue weighted by molar-refractivity contribution is -0.143. The molecule has 0 bridgehead atoms. The fourth-order valence-electron chi connectivity index (χ4n) is 3.59. The second-order valence-corrected chi connectivity index (χ2v) is 8.99. The van der Waals surface area contributed by atoms with Crippen molar-refractivity contribution in [2.45, 2.75) is 24.2 Å². The molecule has 1 unspecified atom stereocenters. The average molecular weight is 427 g/mol. The summed E-state index contributed by atoms with van der Waals surface area (Å²) < 4.78 is 45.0. The zero-order valence-corrected chi connectivity index (χ0v) is 17.0. The first kappa shape index (κ1) is 21.7. The van der Waals surface area contributed by atoms with E-state index in [-0.39, 0.29) is 35.6 Å². The largest absolute Gasteiger partial charge is 0.378 e. The van der Waals surface area contributed by atoms with Crippen LogP contribution in [-0.4, -0.2) is 76.0 Å². The van der Waals surface area contributed by atoms with Crippen molar-refractivity contribution in [2.75, 3.05) is 45.9 Å². The molecule has 8 nitrogen and oxygen atoms in total. The number of sulfonamides is 1. The van der Waals surface area contributed by atoms with Gasteiger partial charge in [0.25, 0.3) is 0 Å². The van der Waals surface area contributed by atoms with Crippen LogP contribution in [0.25, 0.3) is 0 Å². The van der Waals surface area contributed by atoms with Crippen LogP contribution in [0.2, 0.25) is 0 Å². The SMILES string of the molecule is O=C(CCNS(=O)(=O)c1ccc(F)cc1)N1CCCC(C(=O)N2CCOCC2)C1. The molecule has 160 valence electrons. The third kappa shape index (κ3) is 5.74. The van der Waals surface area contributed by atoms with Crippen LogP contribution in [0.5, 0.6) is 0 Å². The Hall–Kier alpha value is -2.04. The van der Waals surface area contributed by atoms with Crippen molar-refractivity contribution in [2.24, 2.45) is 5.92 Å². The topological polar surface area (TPSA) is 96.0 Å². The first-order valence-electron chi connectivity index (χ1n) is 9.76. The number of nitrogens with one attached hydrogen (secondary N) is 1. The maximum absolute atomic E-state index is 12.9. The number of piperidine rings is 1. The number of nitrogens with zero attached hydrogens (tertiary/aromatic N) is 2. The Bertz CT molecular complexity index is 825. The normalized spacial score (nSPS) is 20.5. The molecule has 1 atom stereocenters. The van der Waals surface area contributed by atoms with E-state index < -0.39 is 15.8 Å². The van der Waals surface area contributed by atoms with Crippen LogP contribution in [0.15, 0.2) is 29.2 Å². The molecule has 1 aromatic carbocycles. The van der Waals surface area contributed by atoms with Gasteiger partial charge >= 0.3 is 0 Å². The number of hydrogen-bond donors (Lipinski definition) is 1. The van der Waals surface area contributed by atoms with Crippen molar-refractivity contribution in [3.63, 3.8) is 0 Å². The van der Waals surface area contributed by atoms with Gasteiger partial charge in [-0.25, -0.2) is 17.5 Å². The van der Waals surface area contributed by atoms with Gasteiger partial charge in [0.05, 0.1) is 24.0 Å². The second-order valence-electron chi connectivity index (χ2n) is 7.22. The first-order valence-corrected chi connectivity index (χ1v) is 11.2. The number of rotatable bonds is 6. The maximum atomic E-state index is 12.9. The molecule has 29 heavy (non-hydrogen) atoms. The van der Waals surface area contributed by atoms with Crippen molar-refractivity contribution in [1.82, 2.24) is 14.5 Å². The van der Waals surface area contributed by atoms with E-state index in [2.05, 4.69) is 4.72 Å². The highest BCUT2D eigenvalue weighted by Crippen LogP contribution is 2.20. The zero-order chi connectivity index (χ0) is 20.9. The fraction of sp³-hybridized carbons (Fsp3) is 0.579. The molecule has 10 heteroatoms. The average Bonchev–Trinajstić information content (AvgIpc) is 2.74. The maximum Gasteiger partial charge on any atom is 0.240 e. The second kappa shape index (κ2) is 9.64. The van der Waals surface area contributed by atoms with Gasteiger partial charge in [0, 0.05) is 39.1 Å². The minimum Gasteiger partial charge on any atom is -0.378 e. The summed E-state index contributed by atoms with van der Waals surface area (Å²) in [5, 5.41) is 0. The summed E-state index contributed by atoms with van der Waals surface area (Å²) in [6.45, 7) is 3.10. The summed E-state index contributed by atoms with van der Waals surface area (Å²) in [5.74, 6) is -0.874. The van der Waals surface area contributed by atoms with E-state index in [1.165, 1.54) is 12.1 Å². The van der Waals surface area contributed by atoms with Gasteiger partial charge in [-0.15, -0.1) is 0 Å². The van der Waals surface area contributed by atoms with Gasteiger partial charge in [-0.2, -0.15) is 0 Å². The Balaban J connectivity index is 1.48. The molecule has 2 amide bonds. The fourth-order valence-corrected chi connectivity index (χ4v) is 4.63. The number of carbonyl (C=O) groups is 2. The molecule has 3 rings (SSSR count). The lowest BCUT2D eigenvalue weighted by Gasteiger charge is -2.36. The van der Waals surface area contributed by atoms with Crippen LogP contribution in [0.4, 0.5) is 4.39 Å². The molecule has 2 heterocycles. The van der Waals surface area contributed by atoms with Crippen molar-refractivity contribution in [1.29, 1.82) is 0 Å². The van der Waals surface area contributed by atoms with E-state index in [9.17, 15) is 22.4 Å². The van der Waals surface area contributed by atoms with E-state index in [0.717, 1.165) is 25.0 Å². The molecule has 1 aromatic rings. The highest BCUT2D eigenvalue weighted by molar-refractivity contribution is 7.89. The van der Waals surface area contributed by atoms with Crippen LogP contribution >= 0.6 is 0 Å². The molecule has 2 aliphatic rings. The Morgan fingerprint density at radius 2 is 1.79 bits per heavy atom. The molecular formula is C19H26FN3O5S. The molecular weight excluding hydrogens is 401 g/mol. The summed E-state index contributed by atoms with van der Waals surface area (Å²) in [4.78, 5) is 28.5. The summed E-state index contributed by atoms with van der Waals surface area (Å²) in [6.07, 6.45) is 1.49. The molecule has 0 aliphatic carbocycles. The lowest BCUT2D eigenvalue weighted by Crippen LogP contribution is -2.49. The summed E-state index contributed by atoms with van der Waals surface area (Å²) in [5.41, 5.74) is 0. The van der Waals surface area contributed by atoms with Gasteiger partial charge in [0.15, 0.2) is 0 Å². The predicted octanol–water partition coefficient (Wildman–Crippen LogP) is 0.592. The summed E-state index contributed by atoms with van der Waals surface area (Å²) in [6, 6.07) is 4.48. The van der Waals surface area contributed by atoms with Crippen molar-refractivity contribution >= 4 is 21.8 Å². The number of likely N-dealkylation sites (tertiary alicyclic amines) is 1. The van der Waals surface area contributed by atoms with Gasteiger partial charge in [0.1, 0.15) is 5.82 Å². The number of benzene rings is 1. The predicted molar refractivity (Wildman–Crippen MR) is 103 cm³/mol. The van der Waals surface area contributed by atoms with E-state index in [0.29, 0.717) is 39.4 Å². The number of hydrogen-bond acceptors (Lipinski definition) is 5. The van der Waals surface area contributed by atoms with Crippen LogP contribution in [0, 0.1) is 11.7 Å². The minimum atomic E-state index is -3.80. The first-order chi connectivity index (χ1) is 13.9. The minimum absolute atomic E-state index is 0.00110. The number of amides is 2. The van der Waals surface area contributed by atoms with E-state index >= 15 is 0 Å². The van der Waals surface area contributed by atoms with Gasteiger partial charge in [-0.3, -0.25) is 9.59 Å². The van der Waals surface area contributed by atoms with E-state index in [1.54, 1.807) is 9.80 Å². The smallest absolute Gasteiger partial charge is 0.240 e. The van der Waals surface area contributed by atoms with E-state index in [1.807, 2.05) is 0 Å². The third-order valence-electron chi connectivity index (χ3n) is 5.20. The standard InChI is InChI=1S/C19H26FN3O5S/c20-16-3-5-17(6-4-16)29(26,27)21-8-7-18(24)23-9-1-2-15(14-23)19(25)22-10-12-28-13-11-22/h3-6,15,21H,1-2,7-14H2. The molecule has 2 fully saturated rings. The molecule has 2 aliphatic heterocycles. The van der Waals surface area contributed by atoms with Gasteiger partial charge in [-0.05, 0) is 37.1 Å². The quantitative estimate of drug-likeness (QED) is 0.717. The zero-order valence-electron chi connectivity index (χ0n) is 16.2. The molecule has 0 aromatic heterocycles. The van der Waals surface area contributed by atoms with Gasteiger partial charge in [-0.1, -0.05) is 0 Å². The number of ether oxygens (including phenoxy) is 1. The molecule has 0 saturated carbocycles. The van der Waals surface area contributed by atoms with Crippen molar-refractivity contribution in [3.8, 4) is 0 Å². The summed E-state index contributed by atoms with van der Waals surface area (Å²) in [7, 11) is -3.80. The highest BCUT2D eigenvalue weighted by atomic mass is 32.2. The number of morpholine rings is 1. The molecule has 0 spiro atoms. The van der Waals surface area contributed by atoms with Crippen LogP contribution < -0.4 is 4.72 Å². The highest BCUT2D eigenvalue weighted by Gasteiger charge is 2.31. The number of halogens is 1. The van der Waals surface area contributed by atoms with E-state index in [4.69, 9.17) is 4.74 Å². The number of carbonyl (C=O) groups excluding carboxylic acids is 2. The molecule has 1 N–H and O–H groups in total. The van der Waals surface area contributed by atoms with Crippen LogP contribution in [0.1, 0.15) is 19.3 Å². The Kier molecular flexibility index (Phi) is 7.20. The molecule has 0 radical (unpaired) electrons. The Morgan fingerprint density at radius 1 is 1.10 bits per heavy atom. The lowest BCUT2D eigenvalue weighted by atomic mass is 9.96. The third-order valence-corrected chi connectivity index (χ3v) is 6.68. The van der Waals surface area contributed by atoms with Gasteiger partial charge in [0.2, 0.25) is 21.8 Å². The van der Waals surface area contributed by atoms with Gasteiger partial charge < -0.3 is 14.5 Å². The monoisotopic (exact) mass is 427 g/mol. The van der Waals surface area contributed by atoms with Crippen LogP contribution in [-0.2, 0) is 24.3 Å². The molecule has 2 saturated heterocycles. The Morgan fingerprint density at radius 3 is 2.48 bits per heavy atom. The Labute approximate surface area is 170 Å². The van der Waals surface area contributed by atoms with Crippen molar-refractivity contribution < 1.29 is 27.1 Å².